The van der Waals surface area contributed by atoms with Crippen LogP contribution in [-0.4, -0.2) is 40.9 Å². The molecule has 0 unspecified atom stereocenters. The molecule has 0 aliphatic carbocycles. The van der Waals surface area contributed by atoms with Crippen LogP contribution in [0.1, 0.15) is 0 Å². The van der Waals surface area contributed by atoms with Crippen molar-refractivity contribution in [1.82, 2.24) is 9.55 Å². The number of methoxy groups -OCH3 is 1. The van der Waals surface area contributed by atoms with E-state index in [1.807, 2.05) is 23.9 Å². The summed E-state index contributed by atoms with van der Waals surface area (Å²) in [5.74, 6) is 1.09. The van der Waals surface area contributed by atoms with Crippen molar-refractivity contribution in [2.75, 3.05) is 20.3 Å². The second-order valence-electron chi connectivity index (χ2n) is 6.08. The Hall–Kier alpha value is -3.13. The number of hydrogen-bond acceptors (Lipinski definition) is 6. The molecule has 0 N–H and O–H groups in total. The lowest BCUT2D eigenvalue weighted by molar-refractivity contribution is -0.384. The Kier molecular flexibility index (Phi) is 3.96. The molecule has 1 aromatic carbocycles. The van der Waals surface area contributed by atoms with Crippen molar-refractivity contribution in [1.29, 1.82) is 0 Å². The summed E-state index contributed by atoms with van der Waals surface area (Å²) in [4.78, 5) is 15.1. The molecule has 1 saturated heterocycles. The zero-order valence-electron chi connectivity index (χ0n) is 14.3. The first kappa shape index (κ1) is 16.3. The molecule has 2 aromatic heterocycles. The maximum Gasteiger partial charge on any atom is 0.270 e. The lowest BCUT2D eigenvalue weighted by Crippen LogP contribution is -2.38. The summed E-state index contributed by atoms with van der Waals surface area (Å²) < 4.78 is 18.4. The van der Waals surface area contributed by atoms with Crippen LogP contribution in [0.3, 0.4) is 0 Å². The zero-order valence-corrected chi connectivity index (χ0v) is 14.3. The summed E-state index contributed by atoms with van der Waals surface area (Å²) in [5.41, 5.74) is 2.30. The molecule has 1 fully saturated rings. The van der Waals surface area contributed by atoms with Gasteiger partial charge in [0.15, 0.2) is 0 Å². The molecule has 0 radical (unpaired) electrons. The number of nitrogens with zero attached hydrogens (tertiary/aromatic N) is 3. The molecule has 1 aliphatic heterocycles. The van der Waals surface area contributed by atoms with Gasteiger partial charge in [-0.2, -0.15) is 0 Å². The van der Waals surface area contributed by atoms with Crippen LogP contribution in [0.25, 0.3) is 22.0 Å². The summed E-state index contributed by atoms with van der Waals surface area (Å²) in [6.07, 6.45) is 3.52. The standard InChI is InChI=1S/C18H17N3O5/c1-20-8-15(13-5-6-19-18(24-2)17(13)20)14-7-11(21(22)23)3-4-16(14)26-12-9-25-10-12/h3-8,12H,9-10H2,1-2H3. The van der Waals surface area contributed by atoms with Crippen molar-refractivity contribution >= 4 is 16.6 Å². The number of nitro groups is 1. The van der Waals surface area contributed by atoms with E-state index in [4.69, 9.17) is 14.2 Å². The first-order valence-electron chi connectivity index (χ1n) is 8.09. The molecule has 0 amide bonds. The first-order valence-corrected chi connectivity index (χ1v) is 8.09. The Labute approximate surface area is 149 Å². The summed E-state index contributed by atoms with van der Waals surface area (Å²) in [5, 5.41) is 12.1. The van der Waals surface area contributed by atoms with Gasteiger partial charge in [-0.25, -0.2) is 4.98 Å². The van der Waals surface area contributed by atoms with Gasteiger partial charge in [0.2, 0.25) is 5.88 Å². The Morgan fingerprint density at radius 2 is 2.12 bits per heavy atom. The molecule has 3 heterocycles. The van der Waals surface area contributed by atoms with Crippen LogP contribution in [0.4, 0.5) is 5.69 Å². The largest absolute Gasteiger partial charge is 0.485 e. The van der Waals surface area contributed by atoms with Crippen molar-refractivity contribution in [3.05, 3.63) is 46.8 Å². The van der Waals surface area contributed by atoms with Gasteiger partial charge in [0.25, 0.3) is 5.69 Å². The van der Waals surface area contributed by atoms with E-state index >= 15 is 0 Å². The monoisotopic (exact) mass is 355 g/mol. The van der Waals surface area contributed by atoms with Gasteiger partial charge < -0.3 is 18.8 Å². The second-order valence-corrected chi connectivity index (χ2v) is 6.08. The molecular weight excluding hydrogens is 338 g/mol. The number of benzene rings is 1. The third kappa shape index (κ3) is 2.64. The third-order valence-electron chi connectivity index (χ3n) is 4.41. The number of non-ortho nitro benzene ring substituents is 1. The van der Waals surface area contributed by atoms with Crippen LogP contribution in [0, 0.1) is 10.1 Å². The smallest absolute Gasteiger partial charge is 0.270 e. The number of aryl methyl sites for hydroxylation is 1. The van der Waals surface area contributed by atoms with Crippen molar-refractivity contribution in [3.63, 3.8) is 0 Å². The minimum absolute atomic E-state index is 0.00948. The van der Waals surface area contributed by atoms with Gasteiger partial charge >= 0.3 is 0 Å². The molecule has 8 heteroatoms. The van der Waals surface area contributed by atoms with Gasteiger partial charge in [0, 0.05) is 48.1 Å². The van der Waals surface area contributed by atoms with Crippen molar-refractivity contribution < 1.29 is 19.1 Å². The average Bonchev–Trinajstić information content (AvgIpc) is 2.95. The molecule has 4 rings (SSSR count). The molecule has 134 valence electrons. The van der Waals surface area contributed by atoms with E-state index in [0.717, 1.165) is 16.5 Å². The number of rotatable bonds is 5. The quantitative estimate of drug-likeness (QED) is 0.516. The normalized spacial score (nSPS) is 14.2. The Bertz CT molecular complexity index is 994. The third-order valence-corrected chi connectivity index (χ3v) is 4.41. The molecule has 0 atom stereocenters. The molecule has 0 spiro atoms. The highest BCUT2D eigenvalue weighted by Crippen LogP contribution is 2.40. The molecular formula is C18H17N3O5. The van der Waals surface area contributed by atoms with Gasteiger partial charge in [-0.3, -0.25) is 10.1 Å². The fourth-order valence-electron chi connectivity index (χ4n) is 3.09. The number of ether oxygens (including phenoxy) is 3. The number of fused-ring (bicyclic) bond motifs is 1. The summed E-state index contributed by atoms with van der Waals surface area (Å²) >= 11 is 0. The summed E-state index contributed by atoms with van der Waals surface area (Å²) in [7, 11) is 3.45. The highest BCUT2D eigenvalue weighted by atomic mass is 16.6. The highest BCUT2D eigenvalue weighted by Gasteiger charge is 2.24. The van der Waals surface area contributed by atoms with Gasteiger partial charge in [0.05, 0.1) is 25.2 Å². The molecule has 0 saturated carbocycles. The zero-order chi connectivity index (χ0) is 18.3. The van der Waals surface area contributed by atoms with Crippen LogP contribution in [-0.2, 0) is 11.8 Å². The highest BCUT2D eigenvalue weighted by molar-refractivity contribution is 5.99. The number of aromatic nitrogens is 2. The van der Waals surface area contributed by atoms with Gasteiger partial charge in [0.1, 0.15) is 17.4 Å². The lowest BCUT2D eigenvalue weighted by Gasteiger charge is -2.27. The van der Waals surface area contributed by atoms with Crippen molar-refractivity contribution in [3.8, 4) is 22.8 Å². The van der Waals surface area contributed by atoms with Crippen LogP contribution in [0.15, 0.2) is 36.7 Å². The van der Waals surface area contributed by atoms with Gasteiger partial charge in [-0.15, -0.1) is 0 Å². The molecule has 8 nitrogen and oxygen atoms in total. The molecule has 26 heavy (non-hydrogen) atoms. The van der Waals surface area contributed by atoms with E-state index in [-0.39, 0.29) is 11.8 Å². The predicted octanol–water partition coefficient (Wildman–Crippen LogP) is 2.93. The predicted molar refractivity (Wildman–Crippen MR) is 94.6 cm³/mol. The van der Waals surface area contributed by atoms with E-state index in [1.54, 1.807) is 19.4 Å². The summed E-state index contributed by atoms with van der Waals surface area (Å²) in [6, 6.07) is 6.49. The minimum Gasteiger partial charge on any atom is -0.485 e. The maximum absolute atomic E-state index is 11.3. The molecule has 3 aromatic rings. The minimum atomic E-state index is -0.410. The average molecular weight is 355 g/mol. The topological polar surface area (TPSA) is 88.7 Å². The van der Waals surface area contributed by atoms with E-state index in [9.17, 15) is 10.1 Å². The number of hydrogen-bond donors (Lipinski definition) is 0. The molecule has 1 aliphatic rings. The Morgan fingerprint density at radius 3 is 2.77 bits per heavy atom. The van der Waals surface area contributed by atoms with Crippen LogP contribution in [0.2, 0.25) is 0 Å². The van der Waals surface area contributed by atoms with E-state index in [2.05, 4.69) is 4.98 Å². The van der Waals surface area contributed by atoms with Crippen LogP contribution < -0.4 is 9.47 Å². The van der Waals surface area contributed by atoms with Crippen molar-refractivity contribution in [2.45, 2.75) is 6.10 Å². The lowest BCUT2D eigenvalue weighted by atomic mass is 10.0. The second kappa shape index (κ2) is 6.30. The fourth-order valence-corrected chi connectivity index (χ4v) is 3.09. The number of nitro benzene ring substituents is 1. The van der Waals surface area contributed by atoms with E-state index < -0.39 is 4.92 Å². The maximum atomic E-state index is 11.3. The van der Waals surface area contributed by atoms with Crippen molar-refractivity contribution in [2.24, 2.45) is 7.05 Å². The Morgan fingerprint density at radius 1 is 1.31 bits per heavy atom. The fraction of sp³-hybridized carbons (Fsp3) is 0.278. The van der Waals surface area contributed by atoms with Crippen LogP contribution >= 0.6 is 0 Å². The van der Waals surface area contributed by atoms with Gasteiger partial charge in [-0.05, 0) is 12.1 Å². The summed E-state index contributed by atoms with van der Waals surface area (Å²) in [6.45, 7) is 1.04. The van der Waals surface area contributed by atoms with E-state index in [0.29, 0.717) is 30.4 Å². The van der Waals surface area contributed by atoms with Crippen LogP contribution in [0.5, 0.6) is 11.6 Å². The number of pyridine rings is 1. The Balaban J connectivity index is 1.92. The van der Waals surface area contributed by atoms with E-state index in [1.165, 1.54) is 12.1 Å². The molecule has 0 bridgehead atoms. The first-order chi connectivity index (χ1) is 12.6. The SMILES string of the molecule is COc1nccc2c(-c3cc([N+](=O)[O-])ccc3OC3COC3)cn(C)c12. The van der Waals surface area contributed by atoms with Gasteiger partial charge in [-0.1, -0.05) is 0 Å².